The number of carbonyl (C=O) groups is 1. The van der Waals surface area contributed by atoms with Crippen LogP contribution in [0.1, 0.15) is 0 Å². The maximum absolute atomic E-state index is 12.2. The lowest BCUT2D eigenvalue weighted by Gasteiger charge is -2.24. The average Bonchev–Trinajstić information content (AvgIpc) is 2.48. The van der Waals surface area contributed by atoms with Gasteiger partial charge >= 0.3 is 5.97 Å². The quantitative estimate of drug-likeness (QED) is 0.900. The normalized spacial score (nSPS) is 16.0. The van der Waals surface area contributed by atoms with Gasteiger partial charge in [0.2, 0.25) is 9.84 Å². The second-order valence-corrected chi connectivity index (χ2v) is 6.02. The molecule has 106 valence electrons. The SMILES string of the molecule is O=C(O)C1=NN(c2ccccc2)c2ncccc2S1(=O)=O. The first-order valence-electron chi connectivity index (χ1n) is 5.89. The molecule has 0 saturated carbocycles. The molecule has 2 heterocycles. The molecule has 8 heteroatoms. The number of aromatic nitrogens is 1. The number of hydrogen-bond donors (Lipinski definition) is 1. The van der Waals surface area contributed by atoms with Crippen molar-refractivity contribution in [1.29, 1.82) is 0 Å². The maximum Gasteiger partial charge on any atom is 0.368 e. The molecule has 0 amide bonds. The van der Waals surface area contributed by atoms with Gasteiger partial charge in [-0.1, -0.05) is 18.2 Å². The number of rotatable bonds is 2. The zero-order chi connectivity index (χ0) is 15.0. The number of para-hydroxylation sites is 1. The lowest BCUT2D eigenvalue weighted by atomic mass is 10.3. The van der Waals surface area contributed by atoms with E-state index in [-0.39, 0.29) is 10.7 Å². The summed E-state index contributed by atoms with van der Waals surface area (Å²) in [6.07, 6.45) is 1.42. The highest BCUT2D eigenvalue weighted by atomic mass is 32.2. The van der Waals surface area contributed by atoms with Crippen LogP contribution in [-0.2, 0) is 14.6 Å². The first-order valence-corrected chi connectivity index (χ1v) is 7.37. The molecule has 0 spiro atoms. The van der Waals surface area contributed by atoms with Gasteiger partial charge in [-0.15, -0.1) is 5.10 Å². The minimum Gasteiger partial charge on any atom is -0.476 e. The van der Waals surface area contributed by atoms with Crippen LogP contribution in [0.2, 0.25) is 0 Å². The zero-order valence-corrected chi connectivity index (χ0v) is 11.4. The summed E-state index contributed by atoms with van der Waals surface area (Å²) in [6, 6.07) is 11.4. The summed E-state index contributed by atoms with van der Waals surface area (Å²) in [6.45, 7) is 0. The molecule has 1 aromatic carbocycles. The van der Waals surface area contributed by atoms with Crippen molar-refractivity contribution in [2.75, 3.05) is 5.01 Å². The maximum atomic E-state index is 12.2. The van der Waals surface area contributed by atoms with E-state index in [1.807, 2.05) is 0 Å². The van der Waals surface area contributed by atoms with Crippen LogP contribution in [0.15, 0.2) is 58.7 Å². The third-order valence-corrected chi connectivity index (χ3v) is 4.53. The summed E-state index contributed by atoms with van der Waals surface area (Å²) < 4.78 is 24.5. The molecule has 0 unspecified atom stereocenters. The van der Waals surface area contributed by atoms with Crippen LogP contribution >= 0.6 is 0 Å². The summed E-state index contributed by atoms with van der Waals surface area (Å²) in [5.74, 6) is -1.53. The Balaban J connectivity index is 2.30. The van der Waals surface area contributed by atoms with Crippen LogP contribution in [0, 0.1) is 0 Å². The van der Waals surface area contributed by atoms with E-state index in [0.717, 1.165) is 0 Å². The number of benzene rings is 1. The van der Waals surface area contributed by atoms with Crippen LogP contribution in [0.25, 0.3) is 0 Å². The van der Waals surface area contributed by atoms with Crippen LogP contribution in [0.3, 0.4) is 0 Å². The Labute approximate surface area is 120 Å². The van der Waals surface area contributed by atoms with Gasteiger partial charge in [-0.25, -0.2) is 23.2 Å². The number of pyridine rings is 1. The Morgan fingerprint density at radius 2 is 1.81 bits per heavy atom. The number of hydrogen-bond acceptors (Lipinski definition) is 6. The molecule has 1 aromatic heterocycles. The smallest absolute Gasteiger partial charge is 0.368 e. The third-order valence-electron chi connectivity index (χ3n) is 2.87. The molecule has 0 atom stereocenters. The molecule has 0 saturated heterocycles. The predicted octanol–water partition coefficient (Wildman–Crippen LogP) is 1.41. The van der Waals surface area contributed by atoms with Crippen molar-refractivity contribution in [3.8, 4) is 0 Å². The van der Waals surface area contributed by atoms with Crippen molar-refractivity contribution in [2.24, 2.45) is 5.10 Å². The van der Waals surface area contributed by atoms with Gasteiger partial charge in [0.05, 0.1) is 5.69 Å². The highest BCUT2D eigenvalue weighted by Crippen LogP contribution is 2.34. The first-order chi connectivity index (χ1) is 10.0. The highest BCUT2D eigenvalue weighted by Gasteiger charge is 2.38. The van der Waals surface area contributed by atoms with Gasteiger partial charge in [0.25, 0.3) is 5.04 Å². The molecule has 7 nitrogen and oxygen atoms in total. The highest BCUT2D eigenvalue weighted by molar-refractivity contribution is 8.08. The Kier molecular flexibility index (Phi) is 2.95. The van der Waals surface area contributed by atoms with Gasteiger partial charge < -0.3 is 5.11 Å². The van der Waals surface area contributed by atoms with E-state index in [0.29, 0.717) is 5.69 Å². The standard InChI is InChI=1S/C13H9N3O4S/c17-13(18)12-15-16(9-5-2-1-3-6-9)11-10(21(12,19)20)7-4-8-14-11/h1-8H,(H,17,18). The topological polar surface area (TPSA) is 99.9 Å². The lowest BCUT2D eigenvalue weighted by Crippen LogP contribution is -2.33. The van der Waals surface area contributed by atoms with Crippen molar-refractivity contribution in [3.63, 3.8) is 0 Å². The molecule has 1 aliphatic heterocycles. The largest absolute Gasteiger partial charge is 0.476 e. The number of fused-ring (bicyclic) bond motifs is 1. The molecule has 0 bridgehead atoms. The van der Waals surface area contributed by atoms with E-state index in [1.54, 1.807) is 30.3 Å². The number of carboxylic acid groups (broad SMARTS) is 1. The van der Waals surface area contributed by atoms with Crippen LogP contribution in [0.5, 0.6) is 0 Å². The van der Waals surface area contributed by atoms with Gasteiger partial charge in [-0.05, 0) is 24.3 Å². The molecule has 0 fully saturated rings. The fraction of sp³-hybridized carbons (Fsp3) is 0. The summed E-state index contributed by atoms with van der Waals surface area (Å²) in [4.78, 5) is 15.0. The van der Waals surface area contributed by atoms with E-state index in [9.17, 15) is 13.2 Å². The van der Waals surface area contributed by atoms with Crippen molar-refractivity contribution in [2.45, 2.75) is 4.90 Å². The van der Waals surface area contributed by atoms with E-state index < -0.39 is 20.9 Å². The molecule has 3 rings (SSSR count). The second kappa shape index (κ2) is 4.67. The van der Waals surface area contributed by atoms with Gasteiger partial charge in [0.1, 0.15) is 4.90 Å². The third kappa shape index (κ3) is 2.05. The number of nitrogens with zero attached hydrogens (tertiary/aromatic N) is 3. The molecule has 1 N–H and O–H groups in total. The second-order valence-electron chi connectivity index (χ2n) is 4.19. The van der Waals surface area contributed by atoms with E-state index in [4.69, 9.17) is 5.11 Å². The zero-order valence-electron chi connectivity index (χ0n) is 10.5. The molecular formula is C13H9N3O4S. The average molecular weight is 303 g/mol. The van der Waals surface area contributed by atoms with Crippen molar-refractivity contribution >= 4 is 32.4 Å². The predicted molar refractivity (Wildman–Crippen MR) is 75.1 cm³/mol. The van der Waals surface area contributed by atoms with E-state index in [2.05, 4.69) is 10.1 Å². The number of anilines is 2. The van der Waals surface area contributed by atoms with Gasteiger partial charge in [-0.2, -0.15) is 0 Å². The lowest BCUT2D eigenvalue weighted by molar-refractivity contribution is -0.129. The van der Waals surface area contributed by atoms with E-state index in [1.165, 1.54) is 23.3 Å². The first kappa shape index (κ1) is 13.3. The minimum atomic E-state index is -4.18. The molecule has 1 aliphatic rings. The number of hydrazone groups is 1. The molecular weight excluding hydrogens is 294 g/mol. The van der Waals surface area contributed by atoms with E-state index >= 15 is 0 Å². The fourth-order valence-corrected chi connectivity index (χ4v) is 3.22. The monoisotopic (exact) mass is 303 g/mol. The Hall–Kier alpha value is -2.74. The summed E-state index contributed by atoms with van der Waals surface area (Å²) >= 11 is 0. The minimum absolute atomic E-state index is 0.0775. The van der Waals surface area contributed by atoms with Crippen LogP contribution in [-0.4, -0.2) is 29.5 Å². The molecule has 0 aliphatic carbocycles. The van der Waals surface area contributed by atoms with Crippen LogP contribution < -0.4 is 5.01 Å². The van der Waals surface area contributed by atoms with Crippen molar-refractivity contribution in [1.82, 2.24) is 4.98 Å². The molecule has 0 radical (unpaired) electrons. The van der Waals surface area contributed by atoms with Crippen LogP contribution in [0.4, 0.5) is 11.5 Å². The number of sulfone groups is 1. The fourth-order valence-electron chi connectivity index (χ4n) is 1.95. The Morgan fingerprint density at radius 3 is 2.48 bits per heavy atom. The summed E-state index contributed by atoms with van der Waals surface area (Å²) in [5.41, 5.74) is 0.520. The Bertz CT molecular complexity index is 847. The van der Waals surface area contributed by atoms with Gasteiger partial charge in [-0.3, -0.25) is 0 Å². The molecule has 21 heavy (non-hydrogen) atoms. The Morgan fingerprint density at radius 1 is 1.10 bits per heavy atom. The number of aliphatic carboxylic acids is 1. The van der Waals surface area contributed by atoms with Crippen molar-refractivity contribution < 1.29 is 18.3 Å². The van der Waals surface area contributed by atoms with Gasteiger partial charge in [0, 0.05) is 6.20 Å². The number of carboxylic acids is 1. The van der Waals surface area contributed by atoms with Gasteiger partial charge in [0.15, 0.2) is 5.82 Å². The summed E-state index contributed by atoms with van der Waals surface area (Å²) in [7, 11) is -4.18. The summed E-state index contributed by atoms with van der Waals surface area (Å²) in [5, 5.41) is 13.1. The molecule has 2 aromatic rings. The van der Waals surface area contributed by atoms with Crippen molar-refractivity contribution in [3.05, 3.63) is 48.7 Å².